The van der Waals surface area contributed by atoms with E-state index in [1.807, 2.05) is 13.8 Å². The van der Waals surface area contributed by atoms with Crippen LogP contribution in [0.3, 0.4) is 0 Å². The molecule has 2 heteroatoms. The smallest absolute Gasteiger partial charge is 0.115 e. The molecule has 1 rings (SSSR count). The SMILES string of the molecule is Cc1[c]c(C)ncn1. The minimum Gasteiger partial charge on any atom is -0.241 e. The quantitative estimate of drug-likeness (QED) is 0.492. The fourth-order valence-corrected chi connectivity index (χ4v) is 0.528. The Hall–Kier alpha value is -0.920. The molecule has 0 amide bonds. The van der Waals surface area contributed by atoms with E-state index in [2.05, 4.69) is 16.0 Å². The minimum absolute atomic E-state index is 0.900. The summed E-state index contributed by atoms with van der Waals surface area (Å²) >= 11 is 0. The van der Waals surface area contributed by atoms with Crippen molar-refractivity contribution in [3.05, 3.63) is 23.8 Å². The molecule has 8 heavy (non-hydrogen) atoms. The lowest BCUT2D eigenvalue weighted by Gasteiger charge is -1.88. The van der Waals surface area contributed by atoms with Crippen LogP contribution in [0.5, 0.6) is 0 Å². The van der Waals surface area contributed by atoms with Gasteiger partial charge in [-0.15, -0.1) is 0 Å². The van der Waals surface area contributed by atoms with E-state index in [4.69, 9.17) is 0 Å². The number of hydrogen-bond acceptors (Lipinski definition) is 2. The average Bonchev–Trinajstić information content (AvgIpc) is 1.64. The topological polar surface area (TPSA) is 25.8 Å². The van der Waals surface area contributed by atoms with Crippen LogP contribution in [-0.2, 0) is 0 Å². The van der Waals surface area contributed by atoms with Gasteiger partial charge >= 0.3 is 0 Å². The highest BCUT2D eigenvalue weighted by atomic mass is 14.8. The fourth-order valence-electron chi connectivity index (χ4n) is 0.528. The van der Waals surface area contributed by atoms with Gasteiger partial charge in [0.1, 0.15) is 6.33 Å². The van der Waals surface area contributed by atoms with Crippen LogP contribution in [0.4, 0.5) is 0 Å². The van der Waals surface area contributed by atoms with Gasteiger partial charge in [0.25, 0.3) is 0 Å². The second-order valence-corrected chi connectivity index (χ2v) is 1.67. The minimum atomic E-state index is 0.900. The number of hydrogen-bond donors (Lipinski definition) is 0. The molecule has 0 N–H and O–H groups in total. The van der Waals surface area contributed by atoms with Crippen LogP contribution in [0.2, 0.25) is 0 Å². The highest BCUT2D eigenvalue weighted by Crippen LogP contribution is 1.89. The predicted molar refractivity (Wildman–Crippen MR) is 30.3 cm³/mol. The molecule has 1 radical (unpaired) electrons. The van der Waals surface area contributed by atoms with Crippen LogP contribution in [0.25, 0.3) is 0 Å². The molecule has 0 spiro atoms. The van der Waals surface area contributed by atoms with Crippen molar-refractivity contribution in [2.24, 2.45) is 0 Å². The van der Waals surface area contributed by atoms with Crippen molar-refractivity contribution in [3.63, 3.8) is 0 Å². The molecule has 0 saturated heterocycles. The summed E-state index contributed by atoms with van der Waals surface area (Å²) in [5, 5.41) is 0. The summed E-state index contributed by atoms with van der Waals surface area (Å²) in [6.45, 7) is 3.80. The van der Waals surface area contributed by atoms with E-state index < -0.39 is 0 Å². The first-order valence-electron chi connectivity index (χ1n) is 2.46. The normalized spacial score (nSPS) is 9.25. The molecule has 0 bridgehead atoms. The third-order valence-corrected chi connectivity index (χ3v) is 0.865. The highest BCUT2D eigenvalue weighted by Gasteiger charge is 1.84. The van der Waals surface area contributed by atoms with Gasteiger partial charge < -0.3 is 0 Å². The molecule has 0 unspecified atom stereocenters. The van der Waals surface area contributed by atoms with Gasteiger partial charge in [-0.1, -0.05) is 0 Å². The molecule has 0 aliphatic carbocycles. The van der Waals surface area contributed by atoms with Crippen LogP contribution in [0.15, 0.2) is 6.33 Å². The molecule has 0 aromatic carbocycles. The zero-order valence-electron chi connectivity index (χ0n) is 4.97. The molecule has 1 aromatic rings. The summed E-state index contributed by atoms with van der Waals surface area (Å²) in [6.07, 6.45) is 1.54. The molecule has 0 fully saturated rings. The Labute approximate surface area is 48.6 Å². The zero-order chi connectivity index (χ0) is 5.98. The van der Waals surface area contributed by atoms with Crippen molar-refractivity contribution in [3.8, 4) is 0 Å². The van der Waals surface area contributed by atoms with Crippen molar-refractivity contribution < 1.29 is 0 Å². The first-order chi connectivity index (χ1) is 3.79. The molecule has 1 heterocycles. The van der Waals surface area contributed by atoms with E-state index in [1.165, 1.54) is 0 Å². The maximum Gasteiger partial charge on any atom is 0.115 e. The van der Waals surface area contributed by atoms with Crippen molar-refractivity contribution in [2.45, 2.75) is 13.8 Å². The first-order valence-corrected chi connectivity index (χ1v) is 2.46. The molecule has 0 atom stereocenters. The van der Waals surface area contributed by atoms with Crippen LogP contribution in [0.1, 0.15) is 11.4 Å². The van der Waals surface area contributed by atoms with Gasteiger partial charge in [0, 0.05) is 17.5 Å². The molecular formula is C6H7N2. The number of aryl methyl sites for hydroxylation is 2. The summed E-state index contributed by atoms with van der Waals surface area (Å²) in [5.74, 6) is 0. The Morgan fingerprint density at radius 3 is 2.00 bits per heavy atom. The van der Waals surface area contributed by atoms with Crippen LogP contribution >= 0.6 is 0 Å². The summed E-state index contributed by atoms with van der Waals surface area (Å²) in [6, 6.07) is 2.95. The average molecular weight is 107 g/mol. The van der Waals surface area contributed by atoms with Gasteiger partial charge in [-0.25, -0.2) is 9.97 Å². The van der Waals surface area contributed by atoms with Crippen molar-refractivity contribution in [2.75, 3.05) is 0 Å². The van der Waals surface area contributed by atoms with E-state index in [9.17, 15) is 0 Å². The fraction of sp³-hybridized carbons (Fsp3) is 0.333. The second-order valence-electron chi connectivity index (χ2n) is 1.67. The third kappa shape index (κ3) is 1.03. The van der Waals surface area contributed by atoms with Gasteiger partial charge in [0.15, 0.2) is 0 Å². The van der Waals surface area contributed by atoms with E-state index >= 15 is 0 Å². The third-order valence-electron chi connectivity index (χ3n) is 0.865. The first kappa shape index (κ1) is 5.22. The Bertz CT molecular complexity index is 166. The van der Waals surface area contributed by atoms with Gasteiger partial charge in [-0.05, 0) is 13.8 Å². The highest BCUT2D eigenvalue weighted by molar-refractivity contribution is 5.00. The number of nitrogens with zero attached hydrogens (tertiary/aromatic N) is 2. The molecule has 0 saturated carbocycles. The summed E-state index contributed by atoms with van der Waals surface area (Å²) in [4.78, 5) is 7.75. The molecule has 0 aliphatic rings. The van der Waals surface area contributed by atoms with Gasteiger partial charge in [0.05, 0.1) is 0 Å². The number of rotatable bonds is 0. The summed E-state index contributed by atoms with van der Waals surface area (Å²) in [7, 11) is 0. The molecule has 2 nitrogen and oxygen atoms in total. The summed E-state index contributed by atoms with van der Waals surface area (Å²) < 4.78 is 0. The monoisotopic (exact) mass is 107 g/mol. The lowest BCUT2D eigenvalue weighted by Crippen LogP contribution is -1.85. The van der Waals surface area contributed by atoms with Crippen LogP contribution in [0, 0.1) is 19.9 Å². The van der Waals surface area contributed by atoms with Crippen molar-refractivity contribution >= 4 is 0 Å². The van der Waals surface area contributed by atoms with Gasteiger partial charge in [-0.3, -0.25) is 0 Å². The van der Waals surface area contributed by atoms with E-state index in [0.717, 1.165) is 11.4 Å². The Morgan fingerprint density at radius 2 is 1.75 bits per heavy atom. The standard InChI is InChI=1S/C6H7N2/c1-5-3-6(2)8-4-7-5/h4H,1-2H3. The number of aromatic nitrogens is 2. The Balaban J connectivity index is 3.08. The van der Waals surface area contributed by atoms with Crippen molar-refractivity contribution in [1.82, 2.24) is 9.97 Å². The maximum absolute atomic E-state index is 3.87. The predicted octanol–water partition coefficient (Wildman–Crippen LogP) is 0.894. The van der Waals surface area contributed by atoms with E-state index in [1.54, 1.807) is 6.33 Å². The molecular weight excluding hydrogens is 100 g/mol. The zero-order valence-corrected chi connectivity index (χ0v) is 4.97. The molecule has 1 aromatic heterocycles. The van der Waals surface area contributed by atoms with E-state index in [-0.39, 0.29) is 0 Å². The summed E-state index contributed by atoms with van der Waals surface area (Å²) in [5.41, 5.74) is 1.80. The lowest BCUT2D eigenvalue weighted by atomic mass is 10.4. The second kappa shape index (κ2) is 1.90. The van der Waals surface area contributed by atoms with Gasteiger partial charge in [0.2, 0.25) is 0 Å². The Kier molecular flexibility index (Phi) is 1.24. The van der Waals surface area contributed by atoms with Gasteiger partial charge in [-0.2, -0.15) is 0 Å². The largest absolute Gasteiger partial charge is 0.241 e. The van der Waals surface area contributed by atoms with E-state index in [0.29, 0.717) is 0 Å². The lowest BCUT2D eigenvalue weighted by molar-refractivity contribution is 1.05. The maximum atomic E-state index is 3.87. The molecule has 0 aliphatic heterocycles. The van der Waals surface area contributed by atoms with Crippen LogP contribution in [-0.4, -0.2) is 9.97 Å². The van der Waals surface area contributed by atoms with Crippen LogP contribution < -0.4 is 0 Å². The molecule has 41 valence electrons. The Morgan fingerprint density at radius 1 is 1.25 bits per heavy atom. The van der Waals surface area contributed by atoms with Crippen molar-refractivity contribution in [1.29, 1.82) is 0 Å².